The molecule has 0 saturated heterocycles. The zero-order valence-electron chi connectivity index (χ0n) is 14.1. The van der Waals surface area contributed by atoms with Gasteiger partial charge in [-0.25, -0.2) is 4.98 Å². The fraction of sp³-hybridized carbons (Fsp3) is 0.333. The summed E-state index contributed by atoms with van der Waals surface area (Å²) in [7, 11) is 1.52. The van der Waals surface area contributed by atoms with Crippen LogP contribution in [-0.4, -0.2) is 49.7 Å². The van der Waals surface area contributed by atoms with Crippen LogP contribution in [0.15, 0.2) is 24.7 Å². The van der Waals surface area contributed by atoms with E-state index in [1.54, 1.807) is 0 Å². The quantitative estimate of drug-likeness (QED) is 0.661. The number of hydrogen-bond donors (Lipinski definition) is 3. The van der Waals surface area contributed by atoms with Gasteiger partial charge in [-0.05, 0) is 6.07 Å². The van der Waals surface area contributed by atoms with Gasteiger partial charge in [0.15, 0.2) is 5.82 Å². The van der Waals surface area contributed by atoms with Crippen molar-refractivity contribution in [2.45, 2.75) is 19.1 Å². The van der Waals surface area contributed by atoms with Crippen molar-refractivity contribution in [1.29, 1.82) is 0 Å². The summed E-state index contributed by atoms with van der Waals surface area (Å²) in [6.45, 7) is -1.43. The molecule has 2 aromatic heterocycles. The summed E-state index contributed by atoms with van der Waals surface area (Å²) < 4.78 is 39.6. The third-order valence-electron chi connectivity index (χ3n) is 3.39. The highest BCUT2D eigenvalue weighted by molar-refractivity contribution is 6.03. The number of anilines is 1. The minimum atomic E-state index is -4.51. The maximum Gasteiger partial charge on any atom is 0.406 e. The molecule has 0 aliphatic rings. The number of aromatic nitrogens is 3. The molecule has 27 heavy (non-hydrogen) atoms. The molecule has 0 aromatic carbocycles. The van der Waals surface area contributed by atoms with Crippen molar-refractivity contribution in [3.8, 4) is 0 Å². The molecule has 0 bridgehead atoms. The fourth-order valence-electron chi connectivity index (χ4n) is 2.26. The van der Waals surface area contributed by atoms with E-state index in [0.29, 0.717) is 4.57 Å². The van der Waals surface area contributed by atoms with Gasteiger partial charge >= 0.3 is 12.1 Å². The largest absolute Gasteiger partial charge is 0.481 e. The summed E-state index contributed by atoms with van der Waals surface area (Å²) in [5.41, 5.74) is 0.307. The Balaban J connectivity index is 2.06. The molecular weight excluding hydrogens is 371 g/mol. The number of halogens is 3. The molecule has 2 aromatic rings. The summed E-state index contributed by atoms with van der Waals surface area (Å²) in [5.74, 6) is -2.92. The highest BCUT2D eigenvalue weighted by Crippen LogP contribution is 2.19. The summed E-state index contributed by atoms with van der Waals surface area (Å²) >= 11 is 0. The maximum atomic E-state index is 12.5. The van der Waals surface area contributed by atoms with Crippen molar-refractivity contribution in [2.24, 2.45) is 7.05 Å². The molecular formula is C15H16F3N5O4. The average molecular weight is 387 g/mol. The highest BCUT2D eigenvalue weighted by Gasteiger charge is 2.30. The lowest BCUT2D eigenvalue weighted by atomic mass is 10.3. The number of carbonyl (C=O) groups is 3. The van der Waals surface area contributed by atoms with Gasteiger partial charge in [-0.3, -0.25) is 14.4 Å². The number of carbonyl (C=O) groups excluding carboxylic acids is 2. The van der Waals surface area contributed by atoms with Gasteiger partial charge in [0.05, 0.1) is 12.1 Å². The number of nitrogens with zero attached hydrogens (tertiary/aromatic N) is 3. The standard InChI is InChI=1S/C15H16F3N5O4/c1-22-7-9(6-10(22)13(26)20-3-2-11(24)25)21-14(27)12-19-4-5-23(12)8-15(16,17)18/h4-7H,2-3,8H2,1H3,(H,20,26)(H,21,27)(H,24,25). The molecule has 9 nitrogen and oxygen atoms in total. The van der Waals surface area contributed by atoms with E-state index < -0.39 is 36.3 Å². The van der Waals surface area contributed by atoms with Crippen molar-refractivity contribution in [3.05, 3.63) is 36.2 Å². The molecule has 0 aliphatic carbocycles. The molecule has 2 heterocycles. The minimum Gasteiger partial charge on any atom is -0.481 e. The number of carboxylic acids is 1. The van der Waals surface area contributed by atoms with Gasteiger partial charge in [0.1, 0.15) is 12.2 Å². The van der Waals surface area contributed by atoms with Gasteiger partial charge in [0, 0.05) is 32.2 Å². The fourth-order valence-corrected chi connectivity index (χ4v) is 2.26. The monoisotopic (exact) mass is 387 g/mol. The first-order valence-corrected chi connectivity index (χ1v) is 7.62. The zero-order valence-corrected chi connectivity index (χ0v) is 14.1. The third kappa shape index (κ3) is 5.59. The van der Waals surface area contributed by atoms with Gasteiger partial charge in [0.2, 0.25) is 0 Å². The number of alkyl halides is 3. The number of amides is 2. The third-order valence-corrected chi connectivity index (χ3v) is 3.39. The molecule has 0 saturated carbocycles. The molecule has 0 fully saturated rings. The number of carboxylic acid groups (broad SMARTS) is 1. The predicted molar refractivity (Wildman–Crippen MR) is 86.2 cm³/mol. The van der Waals surface area contributed by atoms with E-state index in [-0.39, 0.29) is 24.3 Å². The topological polar surface area (TPSA) is 118 Å². The van der Waals surface area contributed by atoms with E-state index in [2.05, 4.69) is 15.6 Å². The van der Waals surface area contributed by atoms with Crippen molar-refractivity contribution in [1.82, 2.24) is 19.4 Å². The van der Waals surface area contributed by atoms with Crippen molar-refractivity contribution >= 4 is 23.5 Å². The van der Waals surface area contributed by atoms with Crippen LogP contribution in [0.2, 0.25) is 0 Å². The van der Waals surface area contributed by atoms with Gasteiger partial charge < -0.3 is 24.9 Å². The summed E-state index contributed by atoms with van der Waals surface area (Å²) in [5, 5.41) is 13.3. The Morgan fingerprint density at radius 1 is 1.26 bits per heavy atom. The molecule has 2 amide bonds. The van der Waals surface area contributed by atoms with Crippen LogP contribution in [0.3, 0.4) is 0 Å². The first-order valence-electron chi connectivity index (χ1n) is 7.62. The van der Waals surface area contributed by atoms with Crippen LogP contribution in [-0.2, 0) is 18.4 Å². The molecule has 146 valence electrons. The molecule has 0 spiro atoms. The van der Waals surface area contributed by atoms with E-state index in [4.69, 9.17) is 5.11 Å². The van der Waals surface area contributed by atoms with Crippen LogP contribution in [0.5, 0.6) is 0 Å². The van der Waals surface area contributed by atoms with E-state index in [9.17, 15) is 27.6 Å². The lowest BCUT2D eigenvalue weighted by molar-refractivity contribution is -0.141. The normalized spacial score (nSPS) is 11.3. The first-order chi connectivity index (χ1) is 12.6. The predicted octanol–water partition coefficient (Wildman–Crippen LogP) is 1.24. The van der Waals surface area contributed by atoms with Crippen LogP contribution < -0.4 is 10.6 Å². The molecule has 0 unspecified atom stereocenters. The van der Waals surface area contributed by atoms with Crippen molar-refractivity contribution < 1.29 is 32.7 Å². The smallest absolute Gasteiger partial charge is 0.406 e. The lowest BCUT2D eigenvalue weighted by Crippen LogP contribution is -2.27. The Morgan fingerprint density at radius 3 is 2.59 bits per heavy atom. The van der Waals surface area contributed by atoms with E-state index in [1.165, 1.54) is 23.9 Å². The van der Waals surface area contributed by atoms with Crippen LogP contribution in [0.4, 0.5) is 18.9 Å². The number of rotatable bonds is 7. The van der Waals surface area contributed by atoms with Crippen LogP contribution >= 0.6 is 0 Å². The van der Waals surface area contributed by atoms with Crippen LogP contribution in [0.25, 0.3) is 0 Å². The maximum absolute atomic E-state index is 12.5. The second-order valence-electron chi connectivity index (χ2n) is 5.57. The number of hydrogen-bond acceptors (Lipinski definition) is 4. The van der Waals surface area contributed by atoms with Gasteiger partial charge in [-0.2, -0.15) is 13.2 Å². The Bertz CT molecular complexity index is 856. The van der Waals surface area contributed by atoms with Gasteiger partial charge in [-0.1, -0.05) is 0 Å². The number of aliphatic carboxylic acids is 1. The first kappa shape index (κ1) is 20.0. The second kappa shape index (κ2) is 7.93. The Kier molecular flexibility index (Phi) is 5.88. The van der Waals surface area contributed by atoms with Crippen LogP contribution in [0.1, 0.15) is 27.5 Å². The summed E-state index contributed by atoms with van der Waals surface area (Å²) in [6, 6.07) is 1.31. The van der Waals surface area contributed by atoms with E-state index in [1.807, 2.05) is 0 Å². The van der Waals surface area contributed by atoms with Gasteiger partial charge in [0.25, 0.3) is 11.8 Å². The van der Waals surface area contributed by atoms with Gasteiger partial charge in [-0.15, -0.1) is 0 Å². The van der Waals surface area contributed by atoms with Crippen molar-refractivity contribution in [3.63, 3.8) is 0 Å². The minimum absolute atomic E-state index is 0.0735. The number of nitrogens with one attached hydrogen (secondary N) is 2. The van der Waals surface area contributed by atoms with Crippen LogP contribution in [0, 0.1) is 0 Å². The zero-order chi connectivity index (χ0) is 20.2. The molecule has 0 aliphatic heterocycles. The highest BCUT2D eigenvalue weighted by atomic mass is 19.4. The molecule has 3 N–H and O–H groups in total. The molecule has 0 atom stereocenters. The molecule has 0 radical (unpaired) electrons. The Labute approximate surface area is 150 Å². The lowest BCUT2D eigenvalue weighted by Gasteiger charge is -2.10. The van der Waals surface area contributed by atoms with E-state index >= 15 is 0 Å². The average Bonchev–Trinajstić information content (AvgIpc) is 3.11. The Morgan fingerprint density at radius 2 is 1.96 bits per heavy atom. The summed E-state index contributed by atoms with van der Waals surface area (Å²) in [6.07, 6.45) is -1.26. The second-order valence-corrected chi connectivity index (χ2v) is 5.57. The molecule has 2 rings (SSSR count). The number of aryl methyl sites for hydroxylation is 1. The SMILES string of the molecule is Cn1cc(NC(=O)c2nccn2CC(F)(F)F)cc1C(=O)NCCC(=O)O. The number of imidazole rings is 1. The Hall–Kier alpha value is -3.31. The molecule has 12 heteroatoms. The van der Waals surface area contributed by atoms with Crippen molar-refractivity contribution in [2.75, 3.05) is 11.9 Å². The van der Waals surface area contributed by atoms with E-state index in [0.717, 1.165) is 12.4 Å². The summed E-state index contributed by atoms with van der Waals surface area (Å²) in [4.78, 5) is 38.3.